The largest absolute Gasteiger partial charge is 0.355 e. The van der Waals surface area contributed by atoms with Gasteiger partial charge in [-0.3, -0.25) is 4.79 Å². The summed E-state index contributed by atoms with van der Waals surface area (Å²) in [7, 11) is 0. The first-order valence-corrected chi connectivity index (χ1v) is 11.8. The number of aromatic nitrogens is 3. The number of piperidine rings is 1. The van der Waals surface area contributed by atoms with Gasteiger partial charge in [0.15, 0.2) is 0 Å². The van der Waals surface area contributed by atoms with Gasteiger partial charge in [-0.05, 0) is 48.9 Å². The maximum atomic E-state index is 12.9. The number of carbonyl (C=O) groups is 1. The highest BCUT2D eigenvalue weighted by atomic mass is 32.2. The second-order valence-corrected chi connectivity index (χ2v) is 8.47. The zero-order valence-electron chi connectivity index (χ0n) is 17.9. The van der Waals surface area contributed by atoms with E-state index in [1.54, 1.807) is 18.0 Å². The van der Waals surface area contributed by atoms with Gasteiger partial charge in [0, 0.05) is 37.1 Å². The van der Waals surface area contributed by atoms with E-state index in [1.165, 1.54) is 4.90 Å². The van der Waals surface area contributed by atoms with Crippen LogP contribution in [0.1, 0.15) is 31.2 Å². The maximum Gasteiger partial charge on any atom is 0.226 e. The summed E-state index contributed by atoms with van der Waals surface area (Å²) in [5.41, 5.74) is 1.94. The molecule has 162 valence electrons. The van der Waals surface area contributed by atoms with Gasteiger partial charge < -0.3 is 14.7 Å². The SMILES string of the molecule is CCc1nc(-c2cccnc2N2CCC[C@@H](C(=O)NCc3ccc(SC)cc3)C2)no1. The van der Waals surface area contributed by atoms with Gasteiger partial charge in [0.25, 0.3) is 0 Å². The van der Waals surface area contributed by atoms with Crippen molar-refractivity contribution in [2.24, 2.45) is 5.92 Å². The van der Waals surface area contributed by atoms with Crippen molar-refractivity contribution >= 4 is 23.5 Å². The highest BCUT2D eigenvalue weighted by Gasteiger charge is 2.28. The lowest BCUT2D eigenvalue weighted by Crippen LogP contribution is -2.43. The number of amides is 1. The Morgan fingerprint density at radius 2 is 2.13 bits per heavy atom. The molecule has 1 aliphatic heterocycles. The van der Waals surface area contributed by atoms with Crippen molar-refractivity contribution in [2.75, 3.05) is 24.2 Å². The van der Waals surface area contributed by atoms with E-state index in [-0.39, 0.29) is 11.8 Å². The molecule has 7 nitrogen and oxygen atoms in total. The summed E-state index contributed by atoms with van der Waals surface area (Å²) in [5.74, 6) is 1.96. The molecule has 0 spiro atoms. The Bertz CT molecular complexity index is 1020. The molecule has 8 heteroatoms. The molecule has 1 fully saturated rings. The maximum absolute atomic E-state index is 12.9. The molecule has 3 heterocycles. The first kappa shape index (κ1) is 21.4. The number of anilines is 1. The Balaban J connectivity index is 1.43. The van der Waals surface area contributed by atoms with Crippen molar-refractivity contribution in [1.29, 1.82) is 0 Å². The Labute approximate surface area is 186 Å². The fourth-order valence-electron chi connectivity index (χ4n) is 3.79. The summed E-state index contributed by atoms with van der Waals surface area (Å²) in [6.45, 7) is 4.00. The van der Waals surface area contributed by atoms with Crippen LogP contribution in [0.15, 0.2) is 52.0 Å². The van der Waals surface area contributed by atoms with Crippen molar-refractivity contribution in [2.45, 2.75) is 37.6 Å². The number of benzene rings is 1. The van der Waals surface area contributed by atoms with Gasteiger partial charge in [0.1, 0.15) is 5.82 Å². The smallest absolute Gasteiger partial charge is 0.226 e. The molecule has 1 aromatic carbocycles. The topological polar surface area (TPSA) is 84.2 Å². The number of hydrogen-bond donors (Lipinski definition) is 1. The summed E-state index contributed by atoms with van der Waals surface area (Å²) in [6.07, 6.45) is 6.32. The lowest BCUT2D eigenvalue weighted by atomic mass is 9.96. The number of pyridine rings is 1. The van der Waals surface area contributed by atoms with Gasteiger partial charge in [0.2, 0.25) is 17.6 Å². The molecule has 0 unspecified atom stereocenters. The van der Waals surface area contributed by atoms with E-state index >= 15 is 0 Å². The average molecular weight is 438 g/mol. The van der Waals surface area contributed by atoms with Crippen LogP contribution in [0.4, 0.5) is 5.82 Å². The van der Waals surface area contributed by atoms with Crippen LogP contribution in [0.3, 0.4) is 0 Å². The monoisotopic (exact) mass is 437 g/mol. The summed E-state index contributed by atoms with van der Waals surface area (Å²) < 4.78 is 5.29. The molecular weight excluding hydrogens is 410 g/mol. The van der Waals surface area contributed by atoms with E-state index in [4.69, 9.17) is 4.52 Å². The van der Waals surface area contributed by atoms with Crippen molar-refractivity contribution < 1.29 is 9.32 Å². The fraction of sp³-hybridized carbons (Fsp3) is 0.391. The third-order valence-corrected chi connectivity index (χ3v) is 6.26. The molecular formula is C23H27N5O2S. The fourth-order valence-corrected chi connectivity index (χ4v) is 4.20. The average Bonchev–Trinajstić information content (AvgIpc) is 3.32. The highest BCUT2D eigenvalue weighted by Crippen LogP contribution is 2.30. The number of nitrogens with zero attached hydrogens (tertiary/aromatic N) is 4. The first-order valence-electron chi connectivity index (χ1n) is 10.6. The van der Waals surface area contributed by atoms with Crippen molar-refractivity contribution in [3.8, 4) is 11.4 Å². The zero-order chi connectivity index (χ0) is 21.6. The number of hydrogen-bond acceptors (Lipinski definition) is 7. The summed E-state index contributed by atoms with van der Waals surface area (Å²) >= 11 is 1.71. The minimum atomic E-state index is -0.0782. The van der Waals surface area contributed by atoms with E-state index in [1.807, 2.05) is 19.1 Å². The van der Waals surface area contributed by atoms with E-state index in [0.717, 1.165) is 36.3 Å². The van der Waals surface area contributed by atoms with Crippen LogP contribution in [-0.2, 0) is 17.8 Å². The second kappa shape index (κ2) is 9.96. The van der Waals surface area contributed by atoms with Crippen LogP contribution in [0, 0.1) is 5.92 Å². The van der Waals surface area contributed by atoms with E-state index in [9.17, 15) is 4.79 Å². The predicted molar refractivity (Wildman–Crippen MR) is 122 cm³/mol. The van der Waals surface area contributed by atoms with Crippen LogP contribution < -0.4 is 10.2 Å². The lowest BCUT2D eigenvalue weighted by Gasteiger charge is -2.33. The van der Waals surface area contributed by atoms with Gasteiger partial charge in [0.05, 0.1) is 11.5 Å². The standard InChI is InChI=1S/C23H27N5O2S/c1-3-20-26-21(27-30-20)19-7-4-12-24-22(19)28-13-5-6-17(15-28)23(29)25-14-16-8-10-18(31-2)11-9-16/h4,7-12,17H,3,5-6,13-15H2,1-2H3,(H,25,29)/t17-/m1/s1. The number of rotatable bonds is 7. The molecule has 0 saturated carbocycles. The van der Waals surface area contributed by atoms with Gasteiger partial charge in [-0.25, -0.2) is 4.98 Å². The van der Waals surface area contributed by atoms with E-state index < -0.39 is 0 Å². The zero-order valence-corrected chi connectivity index (χ0v) is 18.7. The van der Waals surface area contributed by atoms with Gasteiger partial charge in [-0.2, -0.15) is 4.98 Å². The molecule has 1 atom stereocenters. The molecule has 0 aliphatic carbocycles. The summed E-state index contributed by atoms with van der Waals surface area (Å²) in [5, 5.41) is 7.21. The number of nitrogens with one attached hydrogen (secondary N) is 1. The third-order valence-electron chi connectivity index (χ3n) is 5.52. The lowest BCUT2D eigenvalue weighted by molar-refractivity contribution is -0.125. The van der Waals surface area contributed by atoms with Crippen LogP contribution in [0.2, 0.25) is 0 Å². The molecule has 4 rings (SSSR count). The Morgan fingerprint density at radius 1 is 1.29 bits per heavy atom. The number of aryl methyl sites for hydroxylation is 1. The predicted octanol–water partition coefficient (Wildman–Crippen LogP) is 3.95. The summed E-state index contributed by atoms with van der Waals surface area (Å²) in [4.78, 5) is 25.3. The molecule has 1 N–H and O–H groups in total. The second-order valence-electron chi connectivity index (χ2n) is 7.59. The third kappa shape index (κ3) is 5.07. The number of carbonyl (C=O) groups excluding carboxylic acids is 1. The van der Waals surface area contributed by atoms with Crippen molar-refractivity contribution in [3.63, 3.8) is 0 Å². The molecule has 1 aliphatic rings. The Hall–Kier alpha value is -2.87. The van der Waals surface area contributed by atoms with Crippen LogP contribution in [0.5, 0.6) is 0 Å². The van der Waals surface area contributed by atoms with Gasteiger partial charge >= 0.3 is 0 Å². The minimum Gasteiger partial charge on any atom is -0.355 e. The van der Waals surface area contributed by atoms with Crippen LogP contribution >= 0.6 is 11.8 Å². The van der Waals surface area contributed by atoms with Crippen molar-refractivity contribution in [3.05, 3.63) is 54.0 Å². The molecule has 1 amide bonds. The molecule has 0 bridgehead atoms. The molecule has 2 aromatic heterocycles. The summed E-state index contributed by atoms with van der Waals surface area (Å²) in [6, 6.07) is 12.1. The molecule has 31 heavy (non-hydrogen) atoms. The van der Waals surface area contributed by atoms with Gasteiger partial charge in [-0.1, -0.05) is 24.2 Å². The van der Waals surface area contributed by atoms with Crippen LogP contribution in [-0.4, -0.2) is 40.4 Å². The van der Waals surface area contributed by atoms with Crippen molar-refractivity contribution in [1.82, 2.24) is 20.4 Å². The normalized spacial score (nSPS) is 16.3. The first-order chi connectivity index (χ1) is 15.2. The van der Waals surface area contributed by atoms with E-state index in [0.29, 0.717) is 31.2 Å². The van der Waals surface area contributed by atoms with E-state index in [2.05, 4.69) is 55.9 Å². The Morgan fingerprint density at radius 3 is 2.87 bits per heavy atom. The quantitative estimate of drug-likeness (QED) is 0.560. The number of thioether (sulfide) groups is 1. The van der Waals surface area contributed by atoms with Gasteiger partial charge in [-0.15, -0.1) is 11.8 Å². The molecule has 3 aromatic rings. The minimum absolute atomic E-state index is 0.0782. The molecule has 1 saturated heterocycles. The Kier molecular flexibility index (Phi) is 6.86. The van der Waals surface area contributed by atoms with Crippen LogP contribution in [0.25, 0.3) is 11.4 Å². The molecule has 0 radical (unpaired) electrons. The highest BCUT2D eigenvalue weighted by molar-refractivity contribution is 7.98.